The molecule has 0 saturated heterocycles. The molecule has 1 heterocycles. The summed E-state index contributed by atoms with van der Waals surface area (Å²) in [7, 11) is 0. The molecular formula is C19H17F4NO3. The average Bonchev–Trinajstić information content (AvgIpc) is 2.60. The van der Waals surface area contributed by atoms with Gasteiger partial charge in [-0.2, -0.15) is 13.2 Å². The van der Waals surface area contributed by atoms with Crippen molar-refractivity contribution in [3.63, 3.8) is 0 Å². The number of dihydropyridines is 1. The molecule has 1 N–H and O–H groups in total. The zero-order valence-corrected chi connectivity index (χ0v) is 14.5. The van der Waals surface area contributed by atoms with E-state index in [1.54, 1.807) is 0 Å². The van der Waals surface area contributed by atoms with Crippen molar-refractivity contribution in [2.45, 2.75) is 38.3 Å². The molecule has 0 bridgehead atoms. The molecule has 1 atom stereocenters. The van der Waals surface area contributed by atoms with E-state index in [4.69, 9.17) is 4.74 Å². The van der Waals surface area contributed by atoms with Crippen LogP contribution in [0.15, 0.2) is 46.8 Å². The number of alkyl halides is 3. The van der Waals surface area contributed by atoms with Crippen LogP contribution in [0.25, 0.3) is 0 Å². The highest BCUT2D eigenvalue weighted by Gasteiger charge is 2.48. The molecule has 1 aromatic rings. The molecular weight excluding hydrogens is 366 g/mol. The van der Waals surface area contributed by atoms with E-state index >= 15 is 0 Å². The number of carbonyl (C=O) groups excluding carboxylic acids is 2. The summed E-state index contributed by atoms with van der Waals surface area (Å²) in [6.45, 7) is 1.36. The van der Waals surface area contributed by atoms with Crippen molar-refractivity contribution in [3.05, 3.63) is 58.2 Å². The fourth-order valence-electron chi connectivity index (χ4n) is 3.48. The fourth-order valence-corrected chi connectivity index (χ4v) is 3.48. The van der Waals surface area contributed by atoms with Gasteiger partial charge >= 0.3 is 12.1 Å². The molecule has 1 unspecified atom stereocenters. The number of hydrogen-bond acceptors (Lipinski definition) is 4. The number of rotatable bonds is 3. The van der Waals surface area contributed by atoms with Gasteiger partial charge in [0.25, 0.3) is 0 Å². The highest BCUT2D eigenvalue weighted by molar-refractivity contribution is 6.03. The van der Waals surface area contributed by atoms with Crippen molar-refractivity contribution in [2.24, 2.45) is 0 Å². The maximum atomic E-state index is 13.7. The van der Waals surface area contributed by atoms with Crippen LogP contribution in [-0.2, 0) is 14.3 Å². The van der Waals surface area contributed by atoms with Crippen LogP contribution in [-0.4, -0.2) is 24.5 Å². The molecule has 1 aromatic carbocycles. The van der Waals surface area contributed by atoms with Crippen molar-refractivity contribution in [2.75, 3.05) is 6.61 Å². The minimum atomic E-state index is -4.85. The highest BCUT2D eigenvalue weighted by Crippen LogP contribution is 2.45. The van der Waals surface area contributed by atoms with Gasteiger partial charge in [-0.15, -0.1) is 0 Å². The van der Waals surface area contributed by atoms with Gasteiger partial charge in [-0.25, -0.2) is 9.18 Å². The molecule has 0 fully saturated rings. The van der Waals surface area contributed by atoms with Crippen LogP contribution in [0.1, 0.15) is 37.7 Å². The van der Waals surface area contributed by atoms with Crippen LogP contribution in [0.2, 0.25) is 0 Å². The molecule has 27 heavy (non-hydrogen) atoms. The number of carbonyl (C=O) groups is 2. The van der Waals surface area contributed by atoms with Gasteiger partial charge in [0.2, 0.25) is 0 Å². The van der Waals surface area contributed by atoms with Gasteiger partial charge in [0.15, 0.2) is 5.78 Å². The van der Waals surface area contributed by atoms with Crippen molar-refractivity contribution < 1.29 is 31.9 Å². The highest BCUT2D eigenvalue weighted by atomic mass is 19.4. The maximum absolute atomic E-state index is 13.7. The van der Waals surface area contributed by atoms with Crippen LogP contribution in [0.3, 0.4) is 0 Å². The monoisotopic (exact) mass is 383 g/mol. The average molecular weight is 383 g/mol. The first-order chi connectivity index (χ1) is 12.7. The minimum Gasteiger partial charge on any atom is -0.463 e. The van der Waals surface area contributed by atoms with Gasteiger partial charge in [-0.3, -0.25) is 4.79 Å². The van der Waals surface area contributed by atoms with E-state index in [2.05, 4.69) is 5.32 Å². The van der Waals surface area contributed by atoms with Crippen LogP contribution < -0.4 is 5.32 Å². The number of halogens is 4. The normalized spacial score (nSPS) is 20.3. The summed E-state index contributed by atoms with van der Waals surface area (Å²) >= 11 is 0. The Morgan fingerprint density at radius 1 is 1.22 bits per heavy atom. The van der Waals surface area contributed by atoms with E-state index in [1.165, 1.54) is 19.1 Å². The molecule has 0 spiro atoms. The quantitative estimate of drug-likeness (QED) is 0.635. The Hall–Kier alpha value is -2.64. The van der Waals surface area contributed by atoms with Gasteiger partial charge < -0.3 is 10.1 Å². The predicted octanol–water partition coefficient (Wildman–Crippen LogP) is 3.90. The molecule has 1 aliphatic carbocycles. The number of allylic oxidation sites excluding steroid dienone is 3. The van der Waals surface area contributed by atoms with Crippen LogP contribution >= 0.6 is 0 Å². The molecule has 0 saturated carbocycles. The molecule has 0 amide bonds. The lowest BCUT2D eigenvalue weighted by molar-refractivity contribution is -0.140. The van der Waals surface area contributed by atoms with Gasteiger partial charge in [0, 0.05) is 23.6 Å². The Balaban J connectivity index is 2.26. The molecule has 8 heteroatoms. The second kappa shape index (κ2) is 7.17. The molecule has 0 aromatic heterocycles. The second-order valence-corrected chi connectivity index (χ2v) is 6.29. The molecule has 0 radical (unpaired) electrons. The number of nitrogens with one attached hydrogen (secondary N) is 1. The van der Waals surface area contributed by atoms with Crippen molar-refractivity contribution >= 4 is 11.8 Å². The maximum Gasteiger partial charge on any atom is 0.431 e. The smallest absolute Gasteiger partial charge is 0.431 e. The van der Waals surface area contributed by atoms with Crippen molar-refractivity contribution in [3.8, 4) is 0 Å². The topological polar surface area (TPSA) is 55.4 Å². The van der Waals surface area contributed by atoms with E-state index in [-0.39, 0.29) is 42.1 Å². The zero-order valence-electron chi connectivity index (χ0n) is 14.5. The molecule has 1 aliphatic heterocycles. The third-order valence-corrected chi connectivity index (χ3v) is 4.56. The van der Waals surface area contributed by atoms with Gasteiger partial charge in [-0.1, -0.05) is 12.1 Å². The summed E-state index contributed by atoms with van der Waals surface area (Å²) in [5.41, 5.74) is -1.41. The Bertz CT molecular complexity index is 838. The third-order valence-electron chi connectivity index (χ3n) is 4.56. The van der Waals surface area contributed by atoms with E-state index in [1.807, 2.05) is 0 Å². The Morgan fingerprint density at radius 3 is 2.48 bits per heavy atom. The largest absolute Gasteiger partial charge is 0.463 e. The third kappa shape index (κ3) is 3.61. The molecule has 3 rings (SSSR count). The lowest BCUT2D eigenvalue weighted by atomic mass is 9.75. The van der Waals surface area contributed by atoms with E-state index in [9.17, 15) is 27.2 Å². The van der Waals surface area contributed by atoms with Crippen molar-refractivity contribution in [1.82, 2.24) is 5.32 Å². The number of hydrogen-bond donors (Lipinski definition) is 1. The second-order valence-electron chi connectivity index (χ2n) is 6.29. The lowest BCUT2D eigenvalue weighted by Gasteiger charge is -2.35. The van der Waals surface area contributed by atoms with Gasteiger partial charge in [-0.05, 0) is 37.5 Å². The number of Topliss-reactive ketones (excluding diaryl/α,β-unsaturated/α-hetero) is 1. The first kappa shape index (κ1) is 19.1. The molecule has 2 aliphatic rings. The standard InChI is InChI=1S/C19H17F4NO3/c1-2-27-18(26)16-14(10-6-8-11(20)9-7-10)15-12(4-3-5-13(15)25)24-17(16)19(21,22)23/h6-9,14,24H,2-5H2,1H3. The summed E-state index contributed by atoms with van der Waals surface area (Å²) in [6, 6.07) is 4.73. The molecule has 4 nitrogen and oxygen atoms in total. The van der Waals surface area contributed by atoms with E-state index in [0.717, 1.165) is 12.1 Å². The number of ketones is 1. The number of esters is 1. The number of benzene rings is 1. The Kier molecular flexibility index (Phi) is 5.08. The van der Waals surface area contributed by atoms with E-state index < -0.39 is 35.2 Å². The minimum absolute atomic E-state index is 0.115. The fraction of sp³-hybridized carbons (Fsp3) is 0.368. The molecule has 144 valence electrons. The Labute approximate surface area is 152 Å². The first-order valence-corrected chi connectivity index (χ1v) is 8.51. The summed E-state index contributed by atoms with van der Waals surface area (Å²) in [5, 5.41) is 2.26. The van der Waals surface area contributed by atoms with Gasteiger partial charge in [0.1, 0.15) is 11.5 Å². The summed E-state index contributed by atoms with van der Waals surface area (Å²) in [6.07, 6.45) is -4.00. The first-order valence-electron chi connectivity index (χ1n) is 8.51. The van der Waals surface area contributed by atoms with E-state index in [0.29, 0.717) is 6.42 Å². The van der Waals surface area contributed by atoms with Crippen LogP contribution in [0.5, 0.6) is 0 Å². The van der Waals surface area contributed by atoms with Crippen molar-refractivity contribution in [1.29, 1.82) is 0 Å². The summed E-state index contributed by atoms with van der Waals surface area (Å²) < 4.78 is 59.3. The number of ether oxygens (including phenoxy) is 1. The predicted molar refractivity (Wildman–Crippen MR) is 87.9 cm³/mol. The lowest BCUT2D eigenvalue weighted by Crippen LogP contribution is -2.40. The Morgan fingerprint density at radius 2 is 1.89 bits per heavy atom. The summed E-state index contributed by atoms with van der Waals surface area (Å²) in [5.74, 6) is -3.32. The van der Waals surface area contributed by atoms with Gasteiger partial charge in [0.05, 0.1) is 12.2 Å². The summed E-state index contributed by atoms with van der Waals surface area (Å²) in [4.78, 5) is 25.0. The zero-order chi connectivity index (χ0) is 19.8. The van der Waals surface area contributed by atoms with Crippen LogP contribution in [0, 0.1) is 5.82 Å². The van der Waals surface area contributed by atoms with Crippen LogP contribution in [0.4, 0.5) is 17.6 Å². The SMILES string of the molecule is CCOC(=O)C1=C(C(F)(F)F)NC2=C(C(=O)CCC2)C1c1ccc(F)cc1.